The summed E-state index contributed by atoms with van der Waals surface area (Å²) in [6.45, 7) is 0. The number of hydrogen-bond acceptors (Lipinski definition) is 2. The maximum atomic E-state index is 10.6. The molecule has 0 spiro atoms. The van der Waals surface area contributed by atoms with Gasteiger partial charge in [0, 0.05) is 20.6 Å². The van der Waals surface area contributed by atoms with Crippen LogP contribution in [0, 0.1) is 0 Å². The van der Waals surface area contributed by atoms with E-state index in [1.54, 1.807) is 0 Å². The summed E-state index contributed by atoms with van der Waals surface area (Å²) >= 11 is 0. The van der Waals surface area contributed by atoms with E-state index >= 15 is 0 Å². The maximum absolute atomic E-state index is 10.6. The average molecular weight is 120 g/mol. The molecule has 0 bridgehead atoms. The molecule has 43 valence electrons. The Labute approximate surface area is 55.1 Å². The van der Waals surface area contributed by atoms with Crippen molar-refractivity contribution in [1.29, 1.82) is 0 Å². The van der Waals surface area contributed by atoms with Crippen molar-refractivity contribution >= 4 is 26.9 Å². The lowest BCUT2D eigenvalue weighted by Gasteiger charge is -2.08. The first-order chi connectivity index (χ1) is 4.25. The highest BCUT2D eigenvalue weighted by Crippen LogP contribution is 2.08. The number of hydrogen-bond donors (Lipinski definition) is 0. The summed E-state index contributed by atoms with van der Waals surface area (Å²) in [5.41, 5.74) is 0. The van der Waals surface area contributed by atoms with Gasteiger partial charge in [0.1, 0.15) is 0 Å². The van der Waals surface area contributed by atoms with Crippen LogP contribution >= 0.6 is 0 Å². The molecule has 1 aliphatic heterocycles. The minimum Gasteiger partial charge on any atom is -0.344 e. The second-order valence-corrected chi connectivity index (χ2v) is 1.81. The third-order valence-electron chi connectivity index (χ3n) is 1.24. The molecule has 3 nitrogen and oxygen atoms in total. The van der Waals surface area contributed by atoms with Gasteiger partial charge in [-0.3, -0.25) is 9.59 Å². The average Bonchev–Trinajstić information content (AvgIpc) is 2.12. The molecule has 0 aromatic heterocycles. The van der Waals surface area contributed by atoms with Gasteiger partial charge in [0.25, 0.3) is 0 Å². The normalized spacial score (nSPS) is 18.9. The molecule has 5 heteroatoms. The Kier molecular flexibility index (Phi) is 1.60. The van der Waals surface area contributed by atoms with Crippen LogP contribution in [0.3, 0.4) is 0 Å². The van der Waals surface area contributed by atoms with E-state index in [-0.39, 0.29) is 11.8 Å². The number of amides is 2. The molecular weight excluding hydrogens is 116 g/mol. The van der Waals surface area contributed by atoms with Crippen LogP contribution in [0.1, 0.15) is 12.8 Å². The van der Waals surface area contributed by atoms with Crippen molar-refractivity contribution in [3.8, 4) is 0 Å². The molecular formula is C4H4B2NO2. The Balaban J connectivity index is 2.66. The molecule has 0 atom stereocenters. The summed E-state index contributed by atoms with van der Waals surface area (Å²) in [5, 5.41) is 0. The minimum absolute atomic E-state index is 0.206. The first-order valence-electron chi connectivity index (χ1n) is 2.65. The van der Waals surface area contributed by atoms with Crippen LogP contribution in [-0.4, -0.2) is 31.7 Å². The zero-order valence-corrected chi connectivity index (χ0v) is 4.83. The number of carbonyl (C=O) groups is 2. The minimum atomic E-state index is -0.206. The zero-order valence-electron chi connectivity index (χ0n) is 4.83. The van der Waals surface area contributed by atoms with Gasteiger partial charge in [-0.2, -0.15) is 0 Å². The number of carbonyl (C=O) groups excluding carboxylic acids is 2. The van der Waals surface area contributed by atoms with Gasteiger partial charge in [0.2, 0.25) is 11.8 Å². The van der Waals surface area contributed by atoms with Crippen molar-refractivity contribution in [2.24, 2.45) is 0 Å². The number of nitrogens with zero attached hydrogens (tertiary/aromatic N) is 1. The number of imide groups is 1. The van der Waals surface area contributed by atoms with Gasteiger partial charge >= 0.3 is 0 Å². The molecule has 1 aliphatic rings. The molecule has 3 radical (unpaired) electrons. The molecule has 0 N–H and O–H groups in total. The van der Waals surface area contributed by atoms with E-state index in [9.17, 15) is 9.59 Å². The molecule has 1 saturated heterocycles. The molecule has 0 aromatic rings. The van der Waals surface area contributed by atoms with Crippen molar-refractivity contribution in [3.05, 3.63) is 0 Å². The van der Waals surface area contributed by atoms with Crippen molar-refractivity contribution in [2.75, 3.05) is 0 Å². The first-order valence-corrected chi connectivity index (χ1v) is 2.65. The molecule has 2 amide bonds. The van der Waals surface area contributed by atoms with Crippen LogP contribution in [-0.2, 0) is 9.59 Å². The van der Waals surface area contributed by atoms with E-state index in [0.29, 0.717) is 12.8 Å². The third-order valence-corrected chi connectivity index (χ3v) is 1.24. The van der Waals surface area contributed by atoms with Crippen LogP contribution in [0.4, 0.5) is 0 Å². The van der Waals surface area contributed by atoms with Crippen molar-refractivity contribution in [1.82, 2.24) is 4.81 Å². The Bertz CT molecular complexity index is 143. The van der Waals surface area contributed by atoms with E-state index in [1.165, 1.54) is 0 Å². The van der Waals surface area contributed by atoms with Crippen LogP contribution < -0.4 is 0 Å². The van der Waals surface area contributed by atoms with Crippen LogP contribution in [0.2, 0.25) is 0 Å². The lowest BCUT2D eigenvalue weighted by molar-refractivity contribution is -0.132. The van der Waals surface area contributed by atoms with Gasteiger partial charge in [-0.15, -0.1) is 0 Å². The summed E-state index contributed by atoms with van der Waals surface area (Å²) in [7, 11) is 5.99. The Morgan fingerprint density at radius 2 is 1.78 bits per heavy atom. The lowest BCUT2D eigenvalue weighted by Crippen LogP contribution is -2.32. The molecule has 0 aliphatic carbocycles. The SMILES string of the molecule is [B][B]N1C(=O)CCC1=O. The van der Waals surface area contributed by atoms with Gasteiger partial charge in [-0.05, 0) is 0 Å². The molecule has 0 aromatic carbocycles. The van der Waals surface area contributed by atoms with Gasteiger partial charge in [0.15, 0.2) is 7.31 Å². The molecule has 1 fully saturated rings. The van der Waals surface area contributed by atoms with E-state index < -0.39 is 0 Å². The zero-order chi connectivity index (χ0) is 6.85. The van der Waals surface area contributed by atoms with E-state index in [0.717, 1.165) is 12.1 Å². The highest BCUT2D eigenvalue weighted by Gasteiger charge is 2.26. The van der Waals surface area contributed by atoms with E-state index in [2.05, 4.69) is 0 Å². The summed E-state index contributed by atoms with van der Waals surface area (Å²) in [6.07, 6.45) is 0.596. The maximum Gasteiger partial charge on any atom is 0.216 e. The van der Waals surface area contributed by atoms with E-state index in [1.807, 2.05) is 0 Å². The highest BCUT2D eigenvalue weighted by atomic mass is 16.2. The summed E-state index contributed by atoms with van der Waals surface area (Å²) in [5.74, 6) is -0.412. The summed E-state index contributed by atoms with van der Waals surface area (Å²) in [6, 6.07) is 0. The quantitative estimate of drug-likeness (QED) is 0.323. The van der Waals surface area contributed by atoms with Gasteiger partial charge in [0.05, 0.1) is 0 Å². The highest BCUT2D eigenvalue weighted by molar-refractivity contribution is 6.90. The third kappa shape index (κ3) is 0.991. The van der Waals surface area contributed by atoms with Crippen LogP contribution in [0.5, 0.6) is 0 Å². The largest absolute Gasteiger partial charge is 0.344 e. The smallest absolute Gasteiger partial charge is 0.216 e. The van der Waals surface area contributed by atoms with Crippen LogP contribution in [0.25, 0.3) is 0 Å². The fourth-order valence-corrected chi connectivity index (χ4v) is 0.760. The van der Waals surface area contributed by atoms with Gasteiger partial charge in [-0.1, -0.05) is 0 Å². The Morgan fingerprint density at radius 3 is 2.00 bits per heavy atom. The second kappa shape index (κ2) is 2.25. The summed E-state index contributed by atoms with van der Waals surface area (Å²) < 4.78 is 0. The predicted octanol–water partition coefficient (Wildman–Crippen LogP) is -1.16. The van der Waals surface area contributed by atoms with Gasteiger partial charge < -0.3 is 4.81 Å². The topological polar surface area (TPSA) is 37.4 Å². The van der Waals surface area contributed by atoms with Gasteiger partial charge in [-0.25, -0.2) is 0 Å². The van der Waals surface area contributed by atoms with Crippen molar-refractivity contribution < 1.29 is 9.59 Å². The molecule has 0 unspecified atom stereocenters. The van der Waals surface area contributed by atoms with Crippen molar-refractivity contribution in [3.63, 3.8) is 0 Å². The van der Waals surface area contributed by atoms with Crippen LogP contribution in [0.15, 0.2) is 0 Å². The molecule has 9 heavy (non-hydrogen) atoms. The molecule has 1 rings (SSSR count). The fourth-order valence-electron chi connectivity index (χ4n) is 0.760. The molecule has 1 heterocycles. The Hall–Kier alpha value is -0.730. The lowest BCUT2D eigenvalue weighted by atomic mass is 9.65. The first kappa shape index (κ1) is 6.39. The number of rotatable bonds is 1. The standard InChI is InChI=1S/C4H4B2NO2/c5-6-7-3(8)1-2-4(7)9/h1-2H2. The second-order valence-electron chi connectivity index (χ2n) is 1.81. The van der Waals surface area contributed by atoms with Crippen molar-refractivity contribution in [2.45, 2.75) is 12.8 Å². The summed E-state index contributed by atoms with van der Waals surface area (Å²) in [4.78, 5) is 22.2. The monoisotopic (exact) mass is 120 g/mol. The molecule has 0 saturated carbocycles. The Morgan fingerprint density at radius 1 is 1.33 bits per heavy atom. The fraction of sp³-hybridized carbons (Fsp3) is 0.500. The predicted molar refractivity (Wildman–Crippen MR) is 32.6 cm³/mol. The van der Waals surface area contributed by atoms with E-state index in [4.69, 9.17) is 7.74 Å².